The van der Waals surface area contributed by atoms with E-state index in [4.69, 9.17) is 4.74 Å². The van der Waals surface area contributed by atoms with Crippen LogP contribution in [0.4, 0.5) is 0 Å². The summed E-state index contributed by atoms with van der Waals surface area (Å²) in [5.41, 5.74) is 1.51. The van der Waals surface area contributed by atoms with Crippen LogP contribution >= 0.6 is 0 Å². The Labute approximate surface area is 140 Å². The Morgan fingerprint density at radius 2 is 1.96 bits per heavy atom. The van der Waals surface area contributed by atoms with Gasteiger partial charge in [-0.3, -0.25) is 4.79 Å². The van der Waals surface area contributed by atoms with Crippen molar-refractivity contribution in [1.82, 2.24) is 20.3 Å². The number of nitrogens with one attached hydrogen (secondary N) is 2. The Morgan fingerprint density at radius 1 is 1.21 bits per heavy atom. The number of aromatic nitrogens is 3. The molecule has 3 aromatic rings. The number of aromatic amines is 1. The van der Waals surface area contributed by atoms with Crippen LogP contribution < -0.4 is 10.1 Å². The van der Waals surface area contributed by atoms with E-state index >= 15 is 0 Å². The lowest BCUT2D eigenvalue weighted by Crippen LogP contribution is -2.36. The molecule has 0 saturated carbocycles. The second-order valence-electron chi connectivity index (χ2n) is 6.03. The van der Waals surface area contributed by atoms with Crippen molar-refractivity contribution in [1.29, 1.82) is 0 Å². The molecule has 0 aliphatic heterocycles. The fourth-order valence-electron chi connectivity index (χ4n) is 2.16. The smallest absolute Gasteiger partial charge is 0.255 e. The Bertz CT molecular complexity index is 843. The molecule has 0 bridgehead atoms. The van der Waals surface area contributed by atoms with Gasteiger partial charge in [0.05, 0.1) is 11.8 Å². The molecule has 6 nitrogen and oxygen atoms in total. The van der Waals surface area contributed by atoms with Crippen LogP contribution in [-0.2, 0) is 0 Å². The zero-order valence-corrected chi connectivity index (χ0v) is 13.9. The average molecular weight is 324 g/mol. The molecule has 0 fully saturated rings. The third-order valence-electron chi connectivity index (χ3n) is 3.93. The number of amides is 1. The Hall–Kier alpha value is -2.89. The Balaban J connectivity index is 1.87. The first kappa shape index (κ1) is 16.0. The number of nitrogens with zero attached hydrogens (tertiary/aromatic N) is 2. The van der Waals surface area contributed by atoms with Crippen LogP contribution in [0, 0.1) is 5.92 Å². The van der Waals surface area contributed by atoms with E-state index < -0.39 is 0 Å². The first-order valence-corrected chi connectivity index (χ1v) is 7.92. The zero-order valence-electron chi connectivity index (χ0n) is 13.9. The lowest BCUT2D eigenvalue weighted by Gasteiger charge is -2.16. The van der Waals surface area contributed by atoms with Crippen molar-refractivity contribution in [2.24, 2.45) is 5.92 Å². The van der Waals surface area contributed by atoms with E-state index in [2.05, 4.69) is 34.1 Å². The average Bonchev–Trinajstić information content (AvgIpc) is 2.99. The van der Waals surface area contributed by atoms with Crippen molar-refractivity contribution in [3.8, 4) is 11.6 Å². The summed E-state index contributed by atoms with van der Waals surface area (Å²) >= 11 is 0. The SMILES string of the molecule is CC(C)C(C)NC(=O)c1c[nH]c2ncc(Oc3ccccc3)nc12. The maximum Gasteiger partial charge on any atom is 0.255 e. The van der Waals surface area contributed by atoms with Gasteiger partial charge in [-0.1, -0.05) is 32.0 Å². The van der Waals surface area contributed by atoms with Gasteiger partial charge in [0, 0.05) is 12.2 Å². The number of carbonyl (C=O) groups is 1. The molecular formula is C18H20N4O2. The monoisotopic (exact) mass is 324 g/mol. The van der Waals surface area contributed by atoms with Gasteiger partial charge in [-0.15, -0.1) is 0 Å². The van der Waals surface area contributed by atoms with Crippen molar-refractivity contribution < 1.29 is 9.53 Å². The molecule has 0 spiro atoms. The van der Waals surface area contributed by atoms with Gasteiger partial charge in [-0.05, 0) is 25.0 Å². The van der Waals surface area contributed by atoms with E-state index in [9.17, 15) is 4.79 Å². The number of hydrogen-bond acceptors (Lipinski definition) is 4. The number of rotatable bonds is 5. The topological polar surface area (TPSA) is 79.9 Å². The number of fused-ring (bicyclic) bond motifs is 1. The van der Waals surface area contributed by atoms with Crippen molar-refractivity contribution in [2.45, 2.75) is 26.8 Å². The second kappa shape index (κ2) is 6.70. The number of benzene rings is 1. The minimum Gasteiger partial charge on any atom is -0.437 e. The van der Waals surface area contributed by atoms with Gasteiger partial charge in [0.1, 0.15) is 11.3 Å². The van der Waals surface area contributed by atoms with Crippen molar-refractivity contribution in [3.05, 3.63) is 48.3 Å². The number of carbonyl (C=O) groups excluding carboxylic acids is 1. The summed E-state index contributed by atoms with van der Waals surface area (Å²) in [6.07, 6.45) is 3.16. The Morgan fingerprint density at radius 3 is 2.67 bits per heavy atom. The first-order valence-electron chi connectivity index (χ1n) is 7.92. The zero-order chi connectivity index (χ0) is 17.1. The van der Waals surface area contributed by atoms with E-state index in [1.165, 1.54) is 6.20 Å². The van der Waals surface area contributed by atoms with Crippen LogP contribution in [0.25, 0.3) is 11.2 Å². The normalized spacial score (nSPS) is 12.3. The molecule has 24 heavy (non-hydrogen) atoms. The molecule has 2 N–H and O–H groups in total. The predicted molar refractivity (Wildman–Crippen MR) is 92.2 cm³/mol. The summed E-state index contributed by atoms with van der Waals surface area (Å²) in [5, 5.41) is 2.98. The van der Waals surface area contributed by atoms with Gasteiger partial charge < -0.3 is 15.0 Å². The van der Waals surface area contributed by atoms with Gasteiger partial charge in [0.15, 0.2) is 5.65 Å². The maximum atomic E-state index is 12.5. The van der Waals surface area contributed by atoms with E-state index in [1.807, 2.05) is 37.3 Å². The quantitative estimate of drug-likeness (QED) is 0.752. The minimum absolute atomic E-state index is 0.0687. The van der Waals surface area contributed by atoms with E-state index in [1.54, 1.807) is 6.20 Å². The highest BCUT2D eigenvalue weighted by molar-refractivity contribution is 6.04. The molecule has 6 heteroatoms. The number of ether oxygens (including phenoxy) is 1. The summed E-state index contributed by atoms with van der Waals surface area (Å²) in [6.45, 7) is 6.10. The minimum atomic E-state index is -0.173. The fraction of sp³-hybridized carbons (Fsp3) is 0.278. The molecular weight excluding hydrogens is 304 g/mol. The second-order valence-corrected chi connectivity index (χ2v) is 6.03. The van der Waals surface area contributed by atoms with E-state index in [0.717, 1.165) is 0 Å². The number of hydrogen-bond donors (Lipinski definition) is 2. The standard InChI is InChI=1S/C18H20N4O2/c1-11(2)12(3)21-18(23)14-9-19-17-16(14)22-15(10-20-17)24-13-7-5-4-6-8-13/h4-12H,1-3H3,(H,19,20)(H,21,23). The number of H-pyrrole nitrogens is 1. The molecule has 1 amide bonds. The lowest BCUT2D eigenvalue weighted by molar-refractivity contribution is 0.0932. The molecule has 2 aromatic heterocycles. The van der Waals surface area contributed by atoms with Crippen molar-refractivity contribution >= 4 is 17.1 Å². The summed E-state index contributed by atoms with van der Waals surface area (Å²) < 4.78 is 5.69. The van der Waals surface area contributed by atoms with E-state index in [-0.39, 0.29) is 11.9 Å². The van der Waals surface area contributed by atoms with Crippen LogP contribution in [0.5, 0.6) is 11.6 Å². The summed E-state index contributed by atoms with van der Waals surface area (Å²) in [7, 11) is 0. The lowest BCUT2D eigenvalue weighted by atomic mass is 10.1. The molecule has 2 heterocycles. The predicted octanol–water partition coefficient (Wildman–Crippen LogP) is 3.52. The van der Waals surface area contributed by atoms with Gasteiger partial charge in [-0.25, -0.2) is 9.97 Å². The summed E-state index contributed by atoms with van der Waals surface area (Å²) in [4.78, 5) is 24.1. The van der Waals surface area contributed by atoms with Crippen molar-refractivity contribution in [3.63, 3.8) is 0 Å². The third-order valence-corrected chi connectivity index (χ3v) is 3.93. The molecule has 0 aliphatic carbocycles. The highest BCUT2D eigenvalue weighted by Crippen LogP contribution is 2.22. The highest BCUT2D eigenvalue weighted by Gasteiger charge is 2.18. The first-order chi connectivity index (χ1) is 11.5. The molecule has 0 saturated heterocycles. The van der Waals surface area contributed by atoms with Gasteiger partial charge in [0.2, 0.25) is 5.88 Å². The molecule has 3 rings (SSSR count). The molecule has 124 valence electrons. The highest BCUT2D eigenvalue weighted by atomic mass is 16.5. The fourth-order valence-corrected chi connectivity index (χ4v) is 2.16. The van der Waals surface area contributed by atoms with Gasteiger partial charge >= 0.3 is 0 Å². The van der Waals surface area contributed by atoms with Crippen LogP contribution in [-0.4, -0.2) is 26.9 Å². The van der Waals surface area contributed by atoms with Crippen molar-refractivity contribution in [2.75, 3.05) is 0 Å². The molecule has 1 aromatic carbocycles. The Kier molecular flexibility index (Phi) is 4.46. The molecule has 0 radical (unpaired) electrons. The van der Waals surface area contributed by atoms with Crippen LogP contribution in [0.3, 0.4) is 0 Å². The van der Waals surface area contributed by atoms with Gasteiger partial charge in [0.25, 0.3) is 5.91 Å². The molecule has 1 atom stereocenters. The molecule has 0 aliphatic rings. The maximum absolute atomic E-state index is 12.5. The number of para-hydroxylation sites is 1. The van der Waals surface area contributed by atoms with Crippen LogP contribution in [0.1, 0.15) is 31.1 Å². The third kappa shape index (κ3) is 3.37. The van der Waals surface area contributed by atoms with Crippen LogP contribution in [0.15, 0.2) is 42.7 Å². The largest absolute Gasteiger partial charge is 0.437 e. The van der Waals surface area contributed by atoms with E-state index in [0.29, 0.717) is 34.3 Å². The van der Waals surface area contributed by atoms with Gasteiger partial charge in [-0.2, -0.15) is 0 Å². The summed E-state index contributed by atoms with van der Waals surface area (Å²) in [5.74, 6) is 1.19. The van der Waals surface area contributed by atoms with Crippen LogP contribution in [0.2, 0.25) is 0 Å². The summed E-state index contributed by atoms with van der Waals surface area (Å²) in [6, 6.07) is 9.40. The molecule has 1 unspecified atom stereocenters.